The number of para-hydroxylation sites is 2. The van der Waals surface area contributed by atoms with E-state index in [1.807, 2.05) is 0 Å². The van der Waals surface area contributed by atoms with Crippen LogP contribution in [0.4, 0.5) is 0 Å². The molecule has 0 aliphatic rings. The number of hydrogen-bond acceptors (Lipinski definition) is 0. The number of nitrogens with zero attached hydrogens (tertiary/aromatic N) is 2. The maximum atomic E-state index is 2.25. The molecule has 0 saturated carbocycles. The molecule has 70 valence electrons. The first-order chi connectivity index (χ1) is 5.83. The van der Waals surface area contributed by atoms with Crippen LogP contribution in [0.25, 0.3) is 11.0 Å². The normalized spacial score (nSPS) is 10.0. The van der Waals surface area contributed by atoms with Crippen LogP contribution in [0.5, 0.6) is 0 Å². The van der Waals surface area contributed by atoms with E-state index in [0.717, 1.165) is 6.54 Å². The van der Waals surface area contributed by atoms with Gasteiger partial charge in [-0.05, 0) is 19.1 Å². The maximum absolute atomic E-state index is 2.25. The molecule has 3 heteroatoms. The van der Waals surface area contributed by atoms with Crippen LogP contribution in [0.3, 0.4) is 0 Å². The van der Waals surface area contributed by atoms with E-state index in [1.165, 1.54) is 11.0 Å². The summed E-state index contributed by atoms with van der Waals surface area (Å²) in [6.07, 6.45) is 2.13. The van der Waals surface area contributed by atoms with Crippen LogP contribution >= 0.6 is 0 Å². The topological polar surface area (TPSA) is 8.81 Å². The lowest BCUT2D eigenvalue weighted by Crippen LogP contribution is -3.00. The second-order valence-corrected chi connectivity index (χ2v) is 3.00. The van der Waals surface area contributed by atoms with Crippen molar-refractivity contribution in [3.8, 4) is 0 Å². The summed E-state index contributed by atoms with van der Waals surface area (Å²) in [5.41, 5.74) is 2.60. The lowest BCUT2D eigenvalue weighted by atomic mass is 10.3. The summed E-state index contributed by atoms with van der Waals surface area (Å²) in [4.78, 5) is 0. The Morgan fingerprint density at radius 2 is 2.00 bits per heavy atom. The molecule has 0 aliphatic heterocycles. The van der Waals surface area contributed by atoms with Crippen LogP contribution in [0.15, 0.2) is 30.6 Å². The van der Waals surface area contributed by atoms with Gasteiger partial charge in [-0.25, -0.2) is 9.13 Å². The van der Waals surface area contributed by atoms with Crippen molar-refractivity contribution in [2.24, 2.45) is 7.05 Å². The standard InChI is InChI=1S/C10H13N2.HI/c1-3-12-8-11(2)9-6-4-5-7-10(9)12;/h4-8H,3H2,1-2H3;1H/q+1;/p-1. The largest absolute Gasteiger partial charge is 1.00 e. The van der Waals surface area contributed by atoms with Gasteiger partial charge in [0.25, 0.3) is 0 Å². The Hall–Kier alpha value is -0.580. The minimum atomic E-state index is 0. The van der Waals surface area contributed by atoms with Gasteiger partial charge < -0.3 is 24.0 Å². The molecule has 0 unspecified atom stereocenters. The molecule has 1 heterocycles. The Labute approximate surface area is 95.2 Å². The molecule has 13 heavy (non-hydrogen) atoms. The molecule has 0 N–H and O–H groups in total. The van der Waals surface area contributed by atoms with Crippen molar-refractivity contribution in [2.75, 3.05) is 0 Å². The second kappa shape index (κ2) is 4.09. The highest BCUT2D eigenvalue weighted by atomic mass is 127. The summed E-state index contributed by atoms with van der Waals surface area (Å²) in [7, 11) is 2.08. The van der Waals surface area contributed by atoms with Gasteiger partial charge in [-0.2, -0.15) is 0 Å². The van der Waals surface area contributed by atoms with Crippen molar-refractivity contribution in [1.29, 1.82) is 0 Å². The zero-order valence-electron chi connectivity index (χ0n) is 7.87. The van der Waals surface area contributed by atoms with Gasteiger partial charge in [0.15, 0.2) is 11.0 Å². The van der Waals surface area contributed by atoms with Crippen LogP contribution in [0.1, 0.15) is 6.92 Å². The average Bonchev–Trinajstić information content (AvgIpc) is 2.44. The number of fused-ring (bicyclic) bond motifs is 1. The van der Waals surface area contributed by atoms with Gasteiger partial charge in [-0.1, -0.05) is 12.1 Å². The first-order valence-corrected chi connectivity index (χ1v) is 4.26. The van der Waals surface area contributed by atoms with E-state index < -0.39 is 0 Å². The third-order valence-corrected chi connectivity index (χ3v) is 2.22. The molecule has 0 radical (unpaired) electrons. The molecule has 0 aliphatic carbocycles. The van der Waals surface area contributed by atoms with Crippen LogP contribution in [-0.4, -0.2) is 4.57 Å². The fourth-order valence-corrected chi connectivity index (χ4v) is 1.59. The second-order valence-electron chi connectivity index (χ2n) is 3.00. The Bertz CT molecular complexity index is 406. The van der Waals surface area contributed by atoms with E-state index >= 15 is 0 Å². The van der Waals surface area contributed by atoms with Gasteiger partial charge >= 0.3 is 0 Å². The number of halogens is 1. The summed E-state index contributed by atoms with van der Waals surface area (Å²) < 4.78 is 4.40. The van der Waals surface area contributed by atoms with Crippen LogP contribution in [0.2, 0.25) is 0 Å². The molecule has 2 nitrogen and oxygen atoms in total. The van der Waals surface area contributed by atoms with E-state index in [1.54, 1.807) is 0 Å². The van der Waals surface area contributed by atoms with Gasteiger partial charge in [0, 0.05) is 0 Å². The zero-order valence-corrected chi connectivity index (χ0v) is 10.0. The molecule has 0 atom stereocenters. The summed E-state index contributed by atoms with van der Waals surface area (Å²) in [5.74, 6) is 0. The molecule has 1 aromatic heterocycles. The summed E-state index contributed by atoms with van der Waals surface area (Å²) in [5, 5.41) is 0. The van der Waals surface area contributed by atoms with Crippen molar-refractivity contribution in [2.45, 2.75) is 13.5 Å². The quantitative estimate of drug-likeness (QED) is 0.446. The molecule has 2 aromatic rings. The maximum Gasteiger partial charge on any atom is 0.244 e. The predicted molar refractivity (Wildman–Crippen MR) is 48.8 cm³/mol. The first kappa shape index (κ1) is 10.5. The highest BCUT2D eigenvalue weighted by Crippen LogP contribution is 2.08. The molecule has 1 aromatic carbocycles. The smallest absolute Gasteiger partial charge is 0.244 e. The zero-order chi connectivity index (χ0) is 8.55. The predicted octanol–water partition coefficient (Wildman–Crippen LogP) is -1.51. The Kier molecular flexibility index (Phi) is 3.30. The van der Waals surface area contributed by atoms with E-state index in [4.69, 9.17) is 0 Å². The Morgan fingerprint density at radius 3 is 2.69 bits per heavy atom. The number of hydrogen-bond donors (Lipinski definition) is 0. The fraction of sp³-hybridized carbons (Fsp3) is 0.300. The highest BCUT2D eigenvalue weighted by molar-refractivity contribution is 5.71. The number of aryl methyl sites for hydroxylation is 2. The summed E-state index contributed by atoms with van der Waals surface area (Å²) in [6.45, 7) is 3.19. The van der Waals surface area contributed by atoms with Crippen LogP contribution in [-0.2, 0) is 13.6 Å². The van der Waals surface area contributed by atoms with Gasteiger partial charge in [0.2, 0.25) is 6.33 Å². The van der Waals surface area contributed by atoms with Crippen molar-refractivity contribution in [3.05, 3.63) is 30.6 Å². The van der Waals surface area contributed by atoms with E-state index in [-0.39, 0.29) is 24.0 Å². The lowest BCUT2D eigenvalue weighted by Gasteiger charge is -1.88. The van der Waals surface area contributed by atoms with Crippen molar-refractivity contribution in [1.82, 2.24) is 4.57 Å². The molecular formula is C10H13IN2. The van der Waals surface area contributed by atoms with Crippen molar-refractivity contribution < 1.29 is 28.5 Å². The molecular weight excluding hydrogens is 275 g/mol. The van der Waals surface area contributed by atoms with E-state index in [2.05, 4.69) is 53.7 Å². The minimum Gasteiger partial charge on any atom is -1.00 e. The number of imidazole rings is 1. The van der Waals surface area contributed by atoms with E-state index in [9.17, 15) is 0 Å². The van der Waals surface area contributed by atoms with Gasteiger partial charge in [-0.15, -0.1) is 0 Å². The molecule has 0 spiro atoms. The summed E-state index contributed by atoms with van der Waals surface area (Å²) >= 11 is 0. The average molecular weight is 288 g/mol. The third-order valence-electron chi connectivity index (χ3n) is 2.22. The van der Waals surface area contributed by atoms with Crippen LogP contribution < -0.4 is 28.5 Å². The molecule has 2 rings (SSSR count). The van der Waals surface area contributed by atoms with Gasteiger partial charge in [0.1, 0.15) is 0 Å². The SMILES string of the molecule is CCn1c[n+](C)c2ccccc21.[I-]. The number of rotatable bonds is 1. The Balaban J connectivity index is 0.000000845. The van der Waals surface area contributed by atoms with E-state index in [0.29, 0.717) is 0 Å². The highest BCUT2D eigenvalue weighted by Gasteiger charge is 2.09. The van der Waals surface area contributed by atoms with Crippen molar-refractivity contribution >= 4 is 11.0 Å². The molecule has 0 amide bonds. The number of benzene rings is 1. The summed E-state index contributed by atoms with van der Waals surface area (Å²) in [6, 6.07) is 8.44. The van der Waals surface area contributed by atoms with Gasteiger partial charge in [0.05, 0.1) is 13.6 Å². The fourth-order valence-electron chi connectivity index (χ4n) is 1.59. The lowest BCUT2D eigenvalue weighted by molar-refractivity contribution is -0.645. The molecule has 0 saturated heterocycles. The van der Waals surface area contributed by atoms with Gasteiger partial charge in [-0.3, -0.25) is 0 Å². The molecule has 0 fully saturated rings. The third kappa shape index (κ3) is 1.70. The molecule has 0 bridgehead atoms. The minimum absolute atomic E-state index is 0. The first-order valence-electron chi connectivity index (χ1n) is 4.26. The monoisotopic (exact) mass is 288 g/mol. The van der Waals surface area contributed by atoms with Crippen LogP contribution in [0, 0.1) is 0 Å². The van der Waals surface area contributed by atoms with Crippen molar-refractivity contribution in [3.63, 3.8) is 0 Å². The Morgan fingerprint density at radius 1 is 1.31 bits per heavy atom. The number of aromatic nitrogens is 2.